The van der Waals surface area contributed by atoms with Crippen LogP contribution in [0, 0.1) is 0 Å². The second-order valence-electron chi connectivity index (χ2n) is 5.28. The van der Waals surface area contributed by atoms with E-state index in [-0.39, 0.29) is 18.0 Å². The highest BCUT2D eigenvalue weighted by Gasteiger charge is 2.17. The Bertz CT molecular complexity index is 297. The van der Waals surface area contributed by atoms with Gasteiger partial charge in [0.1, 0.15) is 18.0 Å². The fourth-order valence-electron chi connectivity index (χ4n) is 1.80. The average molecular weight is 296 g/mol. The molecular formula is C18H32O3. The Kier molecular flexibility index (Phi) is 13.4. The minimum atomic E-state index is -0.123. The topological polar surface area (TPSA) is 35.5 Å². The van der Waals surface area contributed by atoms with Crippen molar-refractivity contribution in [3.8, 4) is 0 Å². The van der Waals surface area contributed by atoms with Crippen LogP contribution in [-0.2, 0) is 14.3 Å². The Balaban J connectivity index is 4.43. The highest BCUT2D eigenvalue weighted by atomic mass is 16.5. The van der Waals surface area contributed by atoms with Crippen molar-refractivity contribution in [2.45, 2.75) is 71.5 Å². The number of unbranched alkanes of at least 4 members (excludes halogenated alkanes) is 2. The van der Waals surface area contributed by atoms with E-state index in [1.807, 2.05) is 18.2 Å². The molecule has 0 fully saturated rings. The summed E-state index contributed by atoms with van der Waals surface area (Å²) in [7, 11) is 0. The van der Waals surface area contributed by atoms with Crippen LogP contribution >= 0.6 is 0 Å². The van der Waals surface area contributed by atoms with Gasteiger partial charge in [0.25, 0.3) is 0 Å². The summed E-state index contributed by atoms with van der Waals surface area (Å²) in [5, 5.41) is 0. The first kappa shape index (κ1) is 20.1. The van der Waals surface area contributed by atoms with Gasteiger partial charge in [0, 0.05) is 19.6 Å². The number of rotatable bonds is 14. The van der Waals surface area contributed by atoms with Crippen molar-refractivity contribution < 1.29 is 14.3 Å². The molecule has 0 amide bonds. The zero-order valence-corrected chi connectivity index (χ0v) is 14.0. The van der Waals surface area contributed by atoms with Crippen molar-refractivity contribution in [3.63, 3.8) is 0 Å². The fourth-order valence-corrected chi connectivity index (χ4v) is 1.80. The van der Waals surface area contributed by atoms with Crippen LogP contribution in [0.4, 0.5) is 0 Å². The van der Waals surface area contributed by atoms with Crippen molar-refractivity contribution in [2.75, 3.05) is 13.2 Å². The van der Waals surface area contributed by atoms with E-state index >= 15 is 0 Å². The number of carbonyl (C=O) groups is 1. The summed E-state index contributed by atoms with van der Waals surface area (Å²) >= 11 is 0. The zero-order valence-electron chi connectivity index (χ0n) is 14.0. The predicted molar refractivity (Wildman–Crippen MR) is 88.5 cm³/mol. The standard InChI is InChI=1S/C18H32O3/c1-5-8-14-20-17(7-3)18(21-15-9-6-2)13-11-10-12-16(4)19/h7,11,13,17-18H,3,5-6,8-10,12,14-15H2,1-2,4H3/b13-11-/t17-,18+/m0/s1. The minimum absolute atomic E-state index is 0.113. The summed E-state index contributed by atoms with van der Waals surface area (Å²) in [5.41, 5.74) is 0. The molecule has 2 atom stereocenters. The van der Waals surface area contributed by atoms with Gasteiger partial charge in [-0.25, -0.2) is 0 Å². The Labute approximate surface area is 130 Å². The summed E-state index contributed by atoms with van der Waals surface area (Å²) in [5.74, 6) is 0.211. The normalized spacial score (nSPS) is 14.2. The van der Waals surface area contributed by atoms with Crippen molar-refractivity contribution in [1.29, 1.82) is 0 Å². The number of carbonyl (C=O) groups excluding carboxylic acids is 1. The monoisotopic (exact) mass is 296 g/mol. The van der Waals surface area contributed by atoms with Crippen molar-refractivity contribution in [1.82, 2.24) is 0 Å². The van der Waals surface area contributed by atoms with E-state index < -0.39 is 0 Å². The lowest BCUT2D eigenvalue weighted by Gasteiger charge is -2.22. The molecule has 0 saturated carbocycles. The molecule has 0 aliphatic heterocycles. The van der Waals surface area contributed by atoms with Crippen molar-refractivity contribution >= 4 is 5.78 Å². The van der Waals surface area contributed by atoms with E-state index in [2.05, 4.69) is 20.4 Å². The van der Waals surface area contributed by atoms with Crippen LogP contribution in [0.1, 0.15) is 59.3 Å². The Morgan fingerprint density at radius 2 is 1.67 bits per heavy atom. The third kappa shape index (κ3) is 11.4. The van der Waals surface area contributed by atoms with Crippen molar-refractivity contribution in [2.24, 2.45) is 0 Å². The first-order valence-corrected chi connectivity index (χ1v) is 8.17. The lowest BCUT2D eigenvalue weighted by molar-refractivity contribution is -0.116. The second-order valence-corrected chi connectivity index (χ2v) is 5.28. The van der Waals surface area contributed by atoms with Gasteiger partial charge in [-0.15, -0.1) is 6.58 Å². The Morgan fingerprint density at radius 3 is 2.14 bits per heavy atom. The molecule has 0 aromatic carbocycles. The lowest BCUT2D eigenvalue weighted by atomic mass is 10.1. The van der Waals surface area contributed by atoms with Gasteiger partial charge < -0.3 is 14.3 Å². The third-order valence-corrected chi connectivity index (χ3v) is 3.16. The first-order chi connectivity index (χ1) is 10.2. The number of ether oxygens (including phenoxy) is 2. The van der Waals surface area contributed by atoms with E-state index in [4.69, 9.17) is 9.47 Å². The number of hydrogen-bond donors (Lipinski definition) is 0. The number of Topliss-reactive ketones (excluding diaryl/α,β-unsaturated/α-hetero) is 1. The van der Waals surface area contributed by atoms with Gasteiger partial charge in [-0.2, -0.15) is 0 Å². The van der Waals surface area contributed by atoms with Gasteiger partial charge in [-0.05, 0) is 26.2 Å². The van der Waals surface area contributed by atoms with Crippen LogP contribution in [0.5, 0.6) is 0 Å². The maximum absolute atomic E-state index is 11.0. The van der Waals surface area contributed by atoms with Crippen molar-refractivity contribution in [3.05, 3.63) is 24.8 Å². The second kappa shape index (κ2) is 14.0. The highest BCUT2D eigenvalue weighted by Crippen LogP contribution is 2.11. The molecule has 0 aromatic heterocycles. The summed E-state index contributed by atoms with van der Waals surface area (Å²) in [6.45, 7) is 11.2. The van der Waals surface area contributed by atoms with Crippen LogP contribution in [0.3, 0.4) is 0 Å². The van der Waals surface area contributed by atoms with Gasteiger partial charge in [-0.3, -0.25) is 0 Å². The maximum atomic E-state index is 11.0. The molecule has 0 aromatic rings. The Hall–Kier alpha value is -0.930. The SMILES string of the molecule is C=C[C@H](OCCCC)[C@@H](/C=C\CCC(C)=O)OCCCC. The molecule has 0 bridgehead atoms. The van der Waals surface area contributed by atoms with Crippen LogP contribution in [-0.4, -0.2) is 31.2 Å². The highest BCUT2D eigenvalue weighted by molar-refractivity contribution is 5.75. The molecule has 21 heavy (non-hydrogen) atoms. The summed E-state index contributed by atoms with van der Waals surface area (Å²) in [6, 6.07) is 0. The van der Waals surface area contributed by atoms with E-state index in [0.29, 0.717) is 6.42 Å². The number of allylic oxidation sites excluding steroid dienone is 1. The minimum Gasteiger partial charge on any atom is -0.371 e. The van der Waals surface area contributed by atoms with E-state index in [1.165, 1.54) is 0 Å². The van der Waals surface area contributed by atoms with Crippen LogP contribution in [0.25, 0.3) is 0 Å². The molecule has 0 N–H and O–H groups in total. The largest absolute Gasteiger partial charge is 0.371 e. The quantitative estimate of drug-likeness (QED) is 0.350. The zero-order chi connectivity index (χ0) is 15.9. The number of ketones is 1. The average Bonchev–Trinajstić information content (AvgIpc) is 2.46. The maximum Gasteiger partial charge on any atom is 0.130 e. The van der Waals surface area contributed by atoms with E-state index in [9.17, 15) is 4.79 Å². The molecule has 3 heteroatoms. The first-order valence-electron chi connectivity index (χ1n) is 8.17. The smallest absolute Gasteiger partial charge is 0.130 e. The molecule has 3 nitrogen and oxygen atoms in total. The van der Waals surface area contributed by atoms with Crippen LogP contribution < -0.4 is 0 Å². The van der Waals surface area contributed by atoms with E-state index in [1.54, 1.807) is 6.92 Å². The predicted octanol–water partition coefficient (Wildman–Crippen LogP) is 4.47. The van der Waals surface area contributed by atoms with Gasteiger partial charge in [0.15, 0.2) is 0 Å². The summed E-state index contributed by atoms with van der Waals surface area (Å²) < 4.78 is 11.7. The summed E-state index contributed by atoms with van der Waals surface area (Å²) in [4.78, 5) is 11.0. The Morgan fingerprint density at radius 1 is 1.10 bits per heavy atom. The van der Waals surface area contributed by atoms with Crippen LogP contribution in [0.2, 0.25) is 0 Å². The molecule has 0 spiro atoms. The third-order valence-electron chi connectivity index (χ3n) is 3.16. The molecule has 0 unspecified atom stereocenters. The molecule has 0 radical (unpaired) electrons. The molecule has 122 valence electrons. The van der Waals surface area contributed by atoms with Gasteiger partial charge in [0.05, 0.1) is 0 Å². The lowest BCUT2D eigenvalue weighted by Crippen LogP contribution is -2.29. The van der Waals surface area contributed by atoms with Gasteiger partial charge in [-0.1, -0.05) is 44.9 Å². The molecule has 0 heterocycles. The molecule has 0 saturated heterocycles. The molecular weight excluding hydrogens is 264 g/mol. The summed E-state index contributed by atoms with van der Waals surface area (Å²) in [6.07, 6.45) is 11.2. The van der Waals surface area contributed by atoms with E-state index in [0.717, 1.165) is 45.3 Å². The van der Waals surface area contributed by atoms with Gasteiger partial charge >= 0.3 is 0 Å². The number of hydrogen-bond acceptors (Lipinski definition) is 3. The fraction of sp³-hybridized carbons (Fsp3) is 0.722. The molecule has 0 rings (SSSR count). The van der Waals surface area contributed by atoms with Gasteiger partial charge in [0.2, 0.25) is 0 Å². The molecule has 0 aliphatic rings. The molecule has 0 aliphatic carbocycles. The van der Waals surface area contributed by atoms with Crippen LogP contribution in [0.15, 0.2) is 24.8 Å².